The first-order valence-electron chi connectivity index (χ1n) is 6.87. The Balaban J connectivity index is 2.18. The van der Waals surface area contributed by atoms with Crippen molar-refractivity contribution in [3.63, 3.8) is 0 Å². The molecule has 2 N–H and O–H groups in total. The van der Waals surface area contributed by atoms with Crippen molar-refractivity contribution >= 4 is 23.2 Å². The molecule has 2 amide bonds. The molecule has 0 saturated heterocycles. The van der Waals surface area contributed by atoms with E-state index in [2.05, 4.69) is 10.6 Å². The largest absolute Gasteiger partial charge is 0.326 e. The minimum atomic E-state index is -0.201. The molecule has 2 aromatic rings. The van der Waals surface area contributed by atoms with Gasteiger partial charge in [0.05, 0.1) is 0 Å². The fourth-order valence-corrected chi connectivity index (χ4v) is 1.86. The summed E-state index contributed by atoms with van der Waals surface area (Å²) < 4.78 is 0. The highest BCUT2D eigenvalue weighted by Gasteiger charge is 2.09. The third-order valence-electron chi connectivity index (χ3n) is 3.13. The Labute approximate surface area is 124 Å². The van der Waals surface area contributed by atoms with E-state index in [-0.39, 0.29) is 11.8 Å². The lowest BCUT2D eigenvalue weighted by atomic mass is 10.1. The molecule has 2 rings (SSSR count). The molecule has 0 aliphatic carbocycles. The van der Waals surface area contributed by atoms with Gasteiger partial charge in [-0.25, -0.2) is 0 Å². The first-order valence-corrected chi connectivity index (χ1v) is 6.87. The van der Waals surface area contributed by atoms with E-state index in [0.29, 0.717) is 17.7 Å². The molecule has 0 aliphatic heterocycles. The van der Waals surface area contributed by atoms with E-state index < -0.39 is 0 Å². The molecular weight excluding hydrogens is 264 g/mol. The lowest BCUT2D eigenvalue weighted by Crippen LogP contribution is -2.14. The Morgan fingerprint density at radius 3 is 2.38 bits per heavy atom. The molecule has 0 bridgehead atoms. The molecule has 4 heteroatoms. The highest BCUT2D eigenvalue weighted by molar-refractivity contribution is 6.05. The SMILES string of the molecule is CCC(=O)Nc1cc(C(=O)Nc2ccccc2)ccc1C. The zero-order chi connectivity index (χ0) is 15.2. The summed E-state index contributed by atoms with van der Waals surface area (Å²) >= 11 is 0. The highest BCUT2D eigenvalue weighted by Crippen LogP contribution is 2.18. The number of nitrogens with one attached hydrogen (secondary N) is 2. The number of benzene rings is 2. The number of carbonyl (C=O) groups is 2. The number of hydrogen-bond donors (Lipinski definition) is 2. The average molecular weight is 282 g/mol. The van der Waals surface area contributed by atoms with Gasteiger partial charge < -0.3 is 10.6 Å². The summed E-state index contributed by atoms with van der Waals surface area (Å²) in [5, 5.41) is 5.62. The van der Waals surface area contributed by atoms with Gasteiger partial charge in [-0.15, -0.1) is 0 Å². The molecule has 0 saturated carbocycles. The summed E-state index contributed by atoms with van der Waals surface area (Å²) in [7, 11) is 0. The lowest BCUT2D eigenvalue weighted by molar-refractivity contribution is -0.115. The fraction of sp³-hybridized carbons (Fsp3) is 0.176. The van der Waals surface area contributed by atoms with Gasteiger partial charge in [-0.1, -0.05) is 31.2 Å². The first-order chi connectivity index (χ1) is 10.1. The van der Waals surface area contributed by atoms with Crippen LogP contribution in [0.2, 0.25) is 0 Å². The van der Waals surface area contributed by atoms with Crippen LogP contribution >= 0.6 is 0 Å². The molecule has 0 fully saturated rings. The van der Waals surface area contributed by atoms with Crippen molar-refractivity contribution in [2.24, 2.45) is 0 Å². The Bertz CT molecular complexity index is 651. The minimum absolute atomic E-state index is 0.0706. The van der Waals surface area contributed by atoms with Gasteiger partial charge in [0.1, 0.15) is 0 Å². The van der Waals surface area contributed by atoms with Crippen molar-refractivity contribution in [1.29, 1.82) is 0 Å². The van der Waals surface area contributed by atoms with Crippen molar-refractivity contribution in [2.75, 3.05) is 10.6 Å². The second-order valence-electron chi connectivity index (χ2n) is 4.75. The van der Waals surface area contributed by atoms with E-state index in [1.54, 1.807) is 19.1 Å². The van der Waals surface area contributed by atoms with Crippen molar-refractivity contribution in [1.82, 2.24) is 0 Å². The predicted molar refractivity (Wildman–Crippen MR) is 84.5 cm³/mol. The number of para-hydroxylation sites is 1. The van der Waals surface area contributed by atoms with Gasteiger partial charge in [-0.3, -0.25) is 9.59 Å². The molecular formula is C17H18N2O2. The van der Waals surface area contributed by atoms with E-state index in [4.69, 9.17) is 0 Å². The van der Waals surface area contributed by atoms with E-state index in [1.807, 2.05) is 43.3 Å². The number of carbonyl (C=O) groups excluding carboxylic acids is 2. The number of amides is 2. The zero-order valence-electron chi connectivity index (χ0n) is 12.1. The average Bonchev–Trinajstić information content (AvgIpc) is 2.50. The maximum Gasteiger partial charge on any atom is 0.255 e. The third kappa shape index (κ3) is 3.92. The van der Waals surface area contributed by atoms with Gasteiger partial charge in [0.15, 0.2) is 0 Å². The van der Waals surface area contributed by atoms with Gasteiger partial charge in [0.2, 0.25) is 5.91 Å². The summed E-state index contributed by atoms with van der Waals surface area (Å²) in [6.07, 6.45) is 0.403. The Morgan fingerprint density at radius 1 is 1.00 bits per heavy atom. The summed E-state index contributed by atoms with van der Waals surface area (Å²) in [6.45, 7) is 3.68. The first kappa shape index (κ1) is 14.8. The summed E-state index contributed by atoms with van der Waals surface area (Å²) in [5.74, 6) is -0.271. The smallest absolute Gasteiger partial charge is 0.255 e. The van der Waals surface area contributed by atoms with Crippen molar-refractivity contribution in [2.45, 2.75) is 20.3 Å². The molecule has 0 aromatic heterocycles. The van der Waals surface area contributed by atoms with Crippen LogP contribution in [0.25, 0.3) is 0 Å². The molecule has 0 heterocycles. The van der Waals surface area contributed by atoms with Crippen LogP contribution in [0.1, 0.15) is 29.3 Å². The van der Waals surface area contributed by atoms with Crippen LogP contribution in [0.15, 0.2) is 48.5 Å². The predicted octanol–water partition coefficient (Wildman–Crippen LogP) is 3.60. The van der Waals surface area contributed by atoms with Gasteiger partial charge in [0.25, 0.3) is 5.91 Å². The van der Waals surface area contributed by atoms with Crippen LogP contribution < -0.4 is 10.6 Å². The number of anilines is 2. The van der Waals surface area contributed by atoms with Gasteiger partial charge in [-0.2, -0.15) is 0 Å². The normalized spacial score (nSPS) is 10.0. The minimum Gasteiger partial charge on any atom is -0.326 e. The van der Waals surface area contributed by atoms with Gasteiger partial charge in [-0.05, 0) is 36.8 Å². The fourth-order valence-electron chi connectivity index (χ4n) is 1.86. The molecule has 0 atom stereocenters. The number of aryl methyl sites for hydroxylation is 1. The zero-order valence-corrected chi connectivity index (χ0v) is 12.1. The second-order valence-corrected chi connectivity index (χ2v) is 4.75. The van der Waals surface area contributed by atoms with E-state index in [0.717, 1.165) is 11.3 Å². The molecule has 108 valence electrons. The quantitative estimate of drug-likeness (QED) is 0.900. The molecule has 21 heavy (non-hydrogen) atoms. The number of rotatable bonds is 4. The molecule has 0 unspecified atom stereocenters. The van der Waals surface area contributed by atoms with E-state index in [9.17, 15) is 9.59 Å². The van der Waals surface area contributed by atoms with Gasteiger partial charge in [0, 0.05) is 23.4 Å². The number of hydrogen-bond acceptors (Lipinski definition) is 2. The van der Waals surface area contributed by atoms with E-state index in [1.165, 1.54) is 0 Å². The van der Waals surface area contributed by atoms with Gasteiger partial charge >= 0.3 is 0 Å². The monoisotopic (exact) mass is 282 g/mol. The van der Waals surface area contributed by atoms with Crippen LogP contribution in [0.3, 0.4) is 0 Å². The summed E-state index contributed by atoms with van der Waals surface area (Å²) in [5.41, 5.74) is 2.84. The Hall–Kier alpha value is -2.62. The topological polar surface area (TPSA) is 58.2 Å². The van der Waals surface area contributed by atoms with Crippen LogP contribution in [-0.4, -0.2) is 11.8 Å². The van der Waals surface area contributed by atoms with Crippen LogP contribution in [0.4, 0.5) is 11.4 Å². The van der Waals surface area contributed by atoms with Crippen molar-refractivity contribution in [3.05, 3.63) is 59.7 Å². The van der Waals surface area contributed by atoms with E-state index >= 15 is 0 Å². The van der Waals surface area contributed by atoms with Crippen molar-refractivity contribution in [3.8, 4) is 0 Å². The highest BCUT2D eigenvalue weighted by atomic mass is 16.2. The van der Waals surface area contributed by atoms with Crippen LogP contribution in [0.5, 0.6) is 0 Å². The maximum atomic E-state index is 12.2. The Morgan fingerprint density at radius 2 is 1.71 bits per heavy atom. The molecule has 2 aromatic carbocycles. The lowest BCUT2D eigenvalue weighted by Gasteiger charge is -2.10. The van der Waals surface area contributed by atoms with Crippen LogP contribution in [0, 0.1) is 6.92 Å². The summed E-state index contributed by atoms with van der Waals surface area (Å²) in [4.78, 5) is 23.7. The van der Waals surface area contributed by atoms with Crippen molar-refractivity contribution < 1.29 is 9.59 Å². The molecule has 0 radical (unpaired) electrons. The summed E-state index contributed by atoms with van der Waals surface area (Å²) in [6, 6.07) is 14.5. The van der Waals surface area contributed by atoms with Crippen LogP contribution in [-0.2, 0) is 4.79 Å². The third-order valence-corrected chi connectivity index (χ3v) is 3.13. The maximum absolute atomic E-state index is 12.2. The second kappa shape index (κ2) is 6.70. The molecule has 0 aliphatic rings. The molecule has 0 spiro atoms. The Kier molecular flexibility index (Phi) is 4.72. The standard InChI is InChI=1S/C17H18N2O2/c1-3-16(20)19-15-11-13(10-9-12(15)2)17(21)18-14-7-5-4-6-8-14/h4-11H,3H2,1-2H3,(H,18,21)(H,19,20). The molecule has 4 nitrogen and oxygen atoms in total.